The number of H-pyrrole nitrogens is 1. The van der Waals surface area contributed by atoms with Crippen molar-refractivity contribution in [1.29, 1.82) is 0 Å². The van der Waals surface area contributed by atoms with E-state index in [1.165, 1.54) is 0 Å². The molecule has 1 heterocycles. The van der Waals surface area contributed by atoms with Crippen molar-refractivity contribution in [2.24, 2.45) is 5.92 Å². The van der Waals surface area contributed by atoms with Crippen molar-refractivity contribution in [2.75, 3.05) is 0 Å². The summed E-state index contributed by atoms with van der Waals surface area (Å²) in [5, 5.41) is 18.7. The van der Waals surface area contributed by atoms with Crippen LogP contribution in [0.2, 0.25) is 0 Å². The molecule has 0 aliphatic rings. The minimum atomic E-state index is -1.10. The van der Waals surface area contributed by atoms with E-state index >= 15 is 0 Å². The molecular formula is C13H13NO4. The average Bonchev–Trinajstić information content (AvgIpc) is 2.71. The van der Waals surface area contributed by atoms with Gasteiger partial charge in [0.15, 0.2) is 0 Å². The molecule has 1 atom stereocenters. The molecular weight excluding hydrogens is 234 g/mol. The van der Waals surface area contributed by atoms with Gasteiger partial charge in [-0.15, -0.1) is 0 Å². The van der Waals surface area contributed by atoms with Gasteiger partial charge in [0.2, 0.25) is 0 Å². The third-order valence-electron chi connectivity index (χ3n) is 2.91. The minimum absolute atomic E-state index is 0.214. The van der Waals surface area contributed by atoms with E-state index in [0.29, 0.717) is 0 Å². The summed E-state index contributed by atoms with van der Waals surface area (Å²) in [7, 11) is 0. The molecule has 3 N–H and O–H groups in total. The number of fused-ring (bicyclic) bond motifs is 1. The van der Waals surface area contributed by atoms with Gasteiger partial charge in [0.1, 0.15) is 0 Å². The van der Waals surface area contributed by atoms with E-state index in [-0.39, 0.29) is 12.8 Å². The predicted molar refractivity (Wildman–Crippen MR) is 65.4 cm³/mol. The number of nitrogens with one attached hydrogen (secondary N) is 1. The molecule has 0 spiro atoms. The Bertz CT molecular complexity index is 587. The largest absolute Gasteiger partial charge is 0.481 e. The third kappa shape index (κ3) is 2.51. The van der Waals surface area contributed by atoms with E-state index in [1.54, 1.807) is 6.20 Å². The molecule has 0 aliphatic heterocycles. The van der Waals surface area contributed by atoms with Gasteiger partial charge >= 0.3 is 11.9 Å². The van der Waals surface area contributed by atoms with Crippen LogP contribution in [0.1, 0.15) is 12.0 Å². The molecule has 18 heavy (non-hydrogen) atoms. The molecule has 2 rings (SSSR count). The Morgan fingerprint density at radius 1 is 1.22 bits per heavy atom. The molecule has 0 radical (unpaired) electrons. The normalized spacial score (nSPS) is 12.4. The lowest BCUT2D eigenvalue weighted by Crippen LogP contribution is -2.20. The van der Waals surface area contributed by atoms with Crippen molar-refractivity contribution in [1.82, 2.24) is 4.98 Å². The lowest BCUT2D eigenvalue weighted by molar-refractivity contribution is -0.148. The summed E-state index contributed by atoms with van der Waals surface area (Å²) in [5.74, 6) is -3.08. The van der Waals surface area contributed by atoms with Gasteiger partial charge in [-0.1, -0.05) is 18.2 Å². The first kappa shape index (κ1) is 12.2. The van der Waals surface area contributed by atoms with Crippen LogP contribution < -0.4 is 0 Å². The Hall–Kier alpha value is -2.30. The van der Waals surface area contributed by atoms with E-state index in [9.17, 15) is 9.59 Å². The molecule has 0 bridgehead atoms. The summed E-state index contributed by atoms with van der Waals surface area (Å²) >= 11 is 0. The van der Waals surface area contributed by atoms with E-state index < -0.39 is 17.9 Å². The SMILES string of the molecule is O=C(O)CC(Cc1c[nH]c2ccccc12)C(=O)O. The number of hydrogen-bond acceptors (Lipinski definition) is 2. The van der Waals surface area contributed by atoms with Gasteiger partial charge in [0, 0.05) is 17.1 Å². The molecule has 94 valence electrons. The van der Waals surface area contributed by atoms with Crippen LogP contribution in [-0.2, 0) is 16.0 Å². The second-order valence-electron chi connectivity index (χ2n) is 4.20. The smallest absolute Gasteiger partial charge is 0.307 e. The number of para-hydroxylation sites is 1. The van der Waals surface area contributed by atoms with Crippen LogP contribution in [0.15, 0.2) is 30.5 Å². The number of benzene rings is 1. The molecule has 5 nitrogen and oxygen atoms in total. The fourth-order valence-corrected chi connectivity index (χ4v) is 2.02. The zero-order valence-electron chi connectivity index (χ0n) is 9.59. The highest BCUT2D eigenvalue weighted by molar-refractivity contribution is 5.84. The van der Waals surface area contributed by atoms with Gasteiger partial charge in [-0.05, 0) is 18.1 Å². The van der Waals surface area contributed by atoms with Crippen molar-refractivity contribution in [3.05, 3.63) is 36.0 Å². The van der Waals surface area contributed by atoms with Crippen molar-refractivity contribution in [3.63, 3.8) is 0 Å². The maximum atomic E-state index is 11.0. The Kier molecular flexibility index (Phi) is 3.32. The van der Waals surface area contributed by atoms with Gasteiger partial charge in [-0.2, -0.15) is 0 Å². The average molecular weight is 247 g/mol. The maximum absolute atomic E-state index is 11.0. The molecule has 1 aromatic carbocycles. The molecule has 1 aromatic heterocycles. The summed E-state index contributed by atoms with van der Waals surface area (Å²) in [5.41, 5.74) is 1.76. The van der Waals surface area contributed by atoms with Gasteiger partial charge < -0.3 is 15.2 Å². The summed E-state index contributed by atoms with van der Waals surface area (Å²) in [6.07, 6.45) is 1.59. The monoisotopic (exact) mass is 247 g/mol. The number of aromatic amines is 1. The fraction of sp³-hybridized carbons (Fsp3) is 0.231. The Balaban J connectivity index is 2.26. The number of carboxylic acid groups (broad SMARTS) is 2. The summed E-state index contributed by atoms with van der Waals surface area (Å²) in [6, 6.07) is 7.54. The maximum Gasteiger partial charge on any atom is 0.307 e. The Morgan fingerprint density at radius 2 is 1.94 bits per heavy atom. The number of aromatic nitrogens is 1. The van der Waals surface area contributed by atoms with Gasteiger partial charge in [-0.3, -0.25) is 9.59 Å². The molecule has 0 fully saturated rings. The molecule has 0 aliphatic carbocycles. The summed E-state index contributed by atoms with van der Waals surface area (Å²) in [4.78, 5) is 24.7. The quantitative estimate of drug-likeness (QED) is 0.752. The van der Waals surface area contributed by atoms with E-state index in [4.69, 9.17) is 10.2 Å². The second-order valence-corrected chi connectivity index (χ2v) is 4.20. The zero-order valence-corrected chi connectivity index (χ0v) is 9.59. The van der Waals surface area contributed by atoms with E-state index in [1.807, 2.05) is 24.3 Å². The van der Waals surface area contributed by atoms with Gasteiger partial charge in [0.25, 0.3) is 0 Å². The van der Waals surface area contributed by atoms with Gasteiger partial charge in [-0.25, -0.2) is 0 Å². The highest BCUT2D eigenvalue weighted by Crippen LogP contribution is 2.22. The summed E-state index contributed by atoms with van der Waals surface area (Å²) in [6.45, 7) is 0. The lowest BCUT2D eigenvalue weighted by Gasteiger charge is -2.08. The van der Waals surface area contributed by atoms with Gasteiger partial charge in [0.05, 0.1) is 12.3 Å². The molecule has 0 saturated carbocycles. The molecule has 0 amide bonds. The Labute approximate surface area is 103 Å². The van der Waals surface area contributed by atoms with E-state index in [0.717, 1.165) is 16.5 Å². The van der Waals surface area contributed by atoms with Crippen molar-refractivity contribution in [2.45, 2.75) is 12.8 Å². The third-order valence-corrected chi connectivity index (χ3v) is 2.91. The zero-order chi connectivity index (χ0) is 13.1. The van der Waals surface area contributed by atoms with Crippen LogP contribution >= 0.6 is 0 Å². The second kappa shape index (κ2) is 4.91. The van der Waals surface area contributed by atoms with Crippen LogP contribution in [0.3, 0.4) is 0 Å². The first-order valence-corrected chi connectivity index (χ1v) is 5.57. The van der Waals surface area contributed by atoms with Crippen LogP contribution in [0.5, 0.6) is 0 Å². The highest BCUT2D eigenvalue weighted by Gasteiger charge is 2.22. The topological polar surface area (TPSA) is 90.4 Å². The van der Waals surface area contributed by atoms with Crippen LogP contribution in [0.25, 0.3) is 10.9 Å². The number of hydrogen-bond donors (Lipinski definition) is 3. The fourth-order valence-electron chi connectivity index (χ4n) is 2.02. The van der Waals surface area contributed by atoms with Crippen molar-refractivity contribution < 1.29 is 19.8 Å². The molecule has 0 saturated heterocycles. The van der Waals surface area contributed by atoms with E-state index in [2.05, 4.69) is 4.98 Å². The molecule has 1 unspecified atom stereocenters. The standard InChI is InChI=1S/C13H13NO4/c15-12(16)6-8(13(17)18)5-9-7-14-11-4-2-1-3-10(9)11/h1-4,7-8,14H,5-6H2,(H,15,16)(H,17,18). The lowest BCUT2D eigenvalue weighted by atomic mass is 9.96. The van der Waals surface area contributed by atoms with Crippen LogP contribution in [0.4, 0.5) is 0 Å². The Morgan fingerprint density at radius 3 is 2.61 bits per heavy atom. The van der Waals surface area contributed by atoms with Crippen molar-refractivity contribution in [3.8, 4) is 0 Å². The molecule has 2 aromatic rings. The number of aliphatic carboxylic acids is 2. The van der Waals surface area contributed by atoms with Crippen LogP contribution in [-0.4, -0.2) is 27.1 Å². The van der Waals surface area contributed by atoms with Crippen molar-refractivity contribution >= 4 is 22.8 Å². The number of carboxylic acids is 2. The predicted octanol–water partition coefficient (Wildman–Crippen LogP) is 1.89. The number of rotatable bonds is 5. The first-order valence-electron chi connectivity index (χ1n) is 5.57. The van der Waals surface area contributed by atoms with Crippen LogP contribution in [0, 0.1) is 5.92 Å². The number of carbonyl (C=O) groups is 2. The first-order chi connectivity index (χ1) is 8.58. The summed E-state index contributed by atoms with van der Waals surface area (Å²) < 4.78 is 0. The molecule has 5 heteroatoms. The highest BCUT2D eigenvalue weighted by atomic mass is 16.4. The minimum Gasteiger partial charge on any atom is -0.481 e.